The van der Waals surface area contributed by atoms with Gasteiger partial charge < -0.3 is 4.74 Å². The Morgan fingerprint density at radius 2 is 1.94 bits per heavy atom. The summed E-state index contributed by atoms with van der Waals surface area (Å²) < 4.78 is 18.0. The number of benzene rings is 1. The van der Waals surface area contributed by atoms with E-state index in [1.807, 2.05) is 13.0 Å². The third kappa shape index (κ3) is 4.98. The quantitative estimate of drug-likeness (QED) is 0.705. The predicted molar refractivity (Wildman–Crippen MR) is 65.7 cm³/mol. The standard InChI is InChI=1S/C14H19FO2/c1-3-13(10-9-11(2)15)17-14(16)12-7-5-4-6-8-12/h4-8,11,13H,3,9-10H2,1-2H3. The van der Waals surface area contributed by atoms with Crippen LogP contribution in [0.25, 0.3) is 0 Å². The maximum Gasteiger partial charge on any atom is 0.338 e. The molecule has 0 amide bonds. The first kappa shape index (κ1) is 13.7. The molecule has 1 aromatic carbocycles. The van der Waals surface area contributed by atoms with E-state index < -0.39 is 6.17 Å². The summed E-state index contributed by atoms with van der Waals surface area (Å²) in [6.07, 6.45) is 0.680. The maximum atomic E-state index is 12.7. The van der Waals surface area contributed by atoms with E-state index in [0.29, 0.717) is 24.8 Å². The average Bonchev–Trinajstić information content (AvgIpc) is 2.35. The molecular formula is C14H19FO2. The highest BCUT2D eigenvalue weighted by Crippen LogP contribution is 2.13. The van der Waals surface area contributed by atoms with Gasteiger partial charge in [0.05, 0.1) is 11.7 Å². The van der Waals surface area contributed by atoms with E-state index >= 15 is 0 Å². The minimum atomic E-state index is -0.848. The fourth-order valence-electron chi connectivity index (χ4n) is 1.56. The molecule has 0 fully saturated rings. The SMILES string of the molecule is CCC(CCC(C)F)OC(=O)c1ccccc1. The topological polar surface area (TPSA) is 26.3 Å². The third-order valence-electron chi connectivity index (χ3n) is 2.62. The van der Waals surface area contributed by atoms with Crippen molar-refractivity contribution in [3.63, 3.8) is 0 Å². The van der Waals surface area contributed by atoms with Crippen LogP contribution in [-0.4, -0.2) is 18.2 Å². The Kier molecular flexibility index (Phi) is 5.67. The molecule has 0 N–H and O–H groups in total. The second-order valence-corrected chi connectivity index (χ2v) is 4.16. The molecule has 1 rings (SSSR count). The molecule has 2 atom stereocenters. The summed E-state index contributed by atoms with van der Waals surface area (Å²) in [4.78, 5) is 11.7. The Morgan fingerprint density at radius 1 is 1.29 bits per heavy atom. The first-order chi connectivity index (χ1) is 8.13. The van der Waals surface area contributed by atoms with Gasteiger partial charge in [-0.15, -0.1) is 0 Å². The van der Waals surface area contributed by atoms with Crippen LogP contribution in [0.2, 0.25) is 0 Å². The zero-order valence-electron chi connectivity index (χ0n) is 10.4. The van der Waals surface area contributed by atoms with Crippen molar-refractivity contribution < 1.29 is 13.9 Å². The molecule has 0 aliphatic carbocycles. The van der Waals surface area contributed by atoms with Gasteiger partial charge in [-0.05, 0) is 38.3 Å². The fourth-order valence-corrected chi connectivity index (χ4v) is 1.56. The number of carbonyl (C=O) groups is 1. The molecule has 3 heteroatoms. The van der Waals surface area contributed by atoms with Gasteiger partial charge in [0.1, 0.15) is 6.10 Å². The number of alkyl halides is 1. The largest absolute Gasteiger partial charge is 0.459 e. The lowest BCUT2D eigenvalue weighted by molar-refractivity contribution is 0.0254. The van der Waals surface area contributed by atoms with Gasteiger partial charge in [-0.1, -0.05) is 25.1 Å². The van der Waals surface area contributed by atoms with Crippen LogP contribution in [-0.2, 0) is 4.74 Å². The summed E-state index contributed by atoms with van der Waals surface area (Å²) in [5.41, 5.74) is 0.541. The summed E-state index contributed by atoms with van der Waals surface area (Å²) in [5.74, 6) is -0.330. The molecule has 0 aliphatic rings. The minimum Gasteiger partial charge on any atom is -0.459 e. The number of ether oxygens (including phenoxy) is 1. The van der Waals surface area contributed by atoms with Crippen molar-refractivity contribution in [1.82, 2.24) is 0 Å². The highest BCUT2D eigenvalue weighted by Gasteiger charge is 2.15. The minimum absolute atomic E-state index is 0.194. The van der Waals surface area contributed by atoms with Crippen LogP contribution >= 0.6 is 0 Å². The molecule has 2 nitrogen and oxygen atoms in total. The van der Waals surface area contributed by atoms with E-state index in [1.54, 1.807) is 24.3 Å². The smallest absolute Gasteiger partial charge is 0.338 e. The van der Waals surface area contributed by atoms with Crippen LogP contribution < -0.4 is 0 Å². The van der Waals surface area contributed by atoms with Gasteiger partial charge in [0.25, 0.3) is 0 Å². The summed E-state index contributed by atoms with van der Waals surface area (Å²) in [7, 11) is 0. The van der Waals surface area contributed by atoms with E-state index in [0.717, 1.165) is 0 Å². The third-order valence-corrected chi connectivity index (χ3v) is 2.62. The first-order valence-corrected chi connectivity index (χ1v) is 6.03. The second kappa shape index (κ2) is 7.05. The molecule has 0 aliphatic heterocycles. The second-order valence-electron chi connectivity index (χ2n) is 4.16. The highest BCUT2D eigenvalue weighted by molar-refractivity contribution is 5.89. The van der Waals surface area contributed by atoms with Gasteiger partial charge in [0.15, 0.2) is 0 Å². The molecular weight excluding hydrogens is 219 g/mol. The normalized spacial score (nSPS) is 14.1. The van der Waals surface area contributed by atoms with Crippen molar-refractivity contribution in [3.05, 3.63) is 35.9 Å². The summed E-state index contributed by atoms with van der Waals surface area (Å²) in [6.45, 7) is 3.46. The van der Waals surface area contributed by atoms with Gasteiger partial charge in [0.2, 0.25) is 0 Å². The maximum absolute atomic E-state index is 12.7. The van der Waals surface area contributed by atoms with Crippen LogP contribution in [0.3, 0.4) is 0 Å². The van der Waals surface area contributed by atoms with Gasteiger partial charge in [-0.25, -0.2) is 9.18 Å². The number of esters is 1. The summed E-state index contributed by atoms with van der Waals surface area (Å²) in [6, 6.07) is 8.86. The van der Waals surface area contributed by atoms with Crippen molar-refractivity contribution >= 4 is 5.97 Å². The lowest BCUT2D eigenvalue weighted by Crippen LogP contribution is -2.18. The number of halogens is 1. The van der Waals surface area contributed by atoms with Crippen molar-refractivity contribution in [2.24, 2.45) is 0 Å². The zero-order chi connectivity index (χ0) is 12.7. The summed E-state index contributed by atoms with van der Waals surface area (Å²) in [5, 5.41) is 0. The van der Waals surface area contributed by atoms with E-state index in [-0.39, 0.29) is 12.1 Å². The fraction of sp³-hybridized carbons (Fsp3) is 0.500. The number of hydrogen-bond donors (Lipinski definition) is 0. The monoisotopic (exact) mass is 238 g/mol. The molecule has 0 spiro atoms. The Labute approximate surface area is 102 Å². The van der Waals surface area contributed by atoms with Crippen molar-refractivity contribution in [1.29, 1.82) is 0 Å². The molecule has 1 aromatic rings. The van der Waals surface area contributed by atoms with Gasteiger partial charge in [-0.2, -0.15) is 0 Å². The van der Waals surface area contributed by atoms with E-state index in [9.17, 15) is 9.18 Å². The molecule has 0 saturated carbocycles. The average molecular weight is 238 g/mol. The van der Waals surface area contributed by atoms with Crippen molar-refractivity contribution in [2.75, 3.05) is 0 Å². The first-order valence-electron chi connectivity index (χ1n) is 6.03. The molecule has 0 radical (unpaired) electrons. The van der Waals surface area contributed by atoms with Crippen LogP contribution in [0, 0.1) is 0 Å². The Morgan fingerprint density at radius 3 is 2.47 bits per heavy atom. The Bertz CT molecular complexity index is 335. The zero-order valence-corrected chi connectivity index (χ0v) is 10.4. The number of rotatable bonds is 6. The highest BCUT2D eigenvalue weighted by atomic mass is 19.1. The van der Waals surface area contributed by atoms with Crippen LogP contribution in [0.1, 0.15) is 43.5 Å². The number of hydrogen-bond acceptors (Lipinski definition) is 2. The number of carbonyl (C=O) groups excluding carboxylic acids is 1. The molecule has 0 bridgehead atoms. The van der Waals surface area contributed by atoms with E-state index in [2.05, 4.69) is 0 Å². The molecule has 0 aromatic heterocycles. The molecule has 0 saturated heterocycles. The van der Waals surface area contributed by atoms with Crippen LogP contribution in [0.5, 0.6) is 0 Å². The lowest BCUT2D eigenvalue weighted by Gasteiger charge is -2.16. The van der Waals surface area contributed by atoms with Crippen molar-refractivity contribution in [2.45, 2.75) is 45.4 Å². The van der Waals surface area contributed by atoms with E-state index in [1.165, 1.54) is 6.92 Å². The lowest BCUT2D eigenvalue weighted by atomic mass is 10.1. The Hall–Kier alpha value is -1.38. The van der Waals surface area contributed by atoms with Gasteiger partial charge in [0, 0.05) is 0 Å². The Balaban J connectivity index is 2.48. The molecule has 0 heterocycles. The van der Waals surface area contributed by atoms with Crippen LogP contribution in [0.4, 0.5) is 4.39 Å². The summed E-state index contributed by atoms with van der Waals surface area (Å²) >= 11 is 0. The molecule has 2 unspecified atom stereocenters. The van der Waals surface area contributed by atoms with Gasteiger partial charge >= 0.3 is 5.97 Å². The predicted octanol–water partition coefficient (Wildman–Crippen LogP) is 3.76. The van der Waals surface area contributed by atoms with Crippen molar-refractivity contribution in [3.8, 4) is 0 Å². The van der Waals surface area contributed by atoms with E-state index in [4.69, 9.17) is 4.74 Å². The molecule has 94 valence electrons. The molecule has 17 heavy (non-hydrogen) atoms. The van der Waals surface area contributed by atoms with Crippen LogP contribution in [0.15, 0.2) is 30.3 Å². The van der Waals surface area contributed by atoms with Gasteiger partial charge in [-0.3, -0.25) is 0 Å².